The molecule has 3 nitrogen and oxygen atoms in total. The molecule has 86 valence electrons. The van der Waals surface area contributed by atoms with E-state index in [1.54, 1.807) is 0 Å². The van der Waals surface area contributed by atoms with Crippen LogP contribution in [0.3, 0.4) is 0 Å². The number of phenolic OH excluding ortho intramolecular Hbond substituents is 1. The smallest absolute Gasteiger partial charge is 0.416 e. The van der Waals surface area contributed by atoms with Crippen LogP contribution in [0.15, 0.2) is 23.2 Å². The molecule has 1 N–H and O–H groups in total. The van der Waals surface area contributed by atoms with Gasteiger partial charge in [-0.1, -0.05) is 0 Å². The number of alkyl halides is 3. The number of halogens is 3. The van der Waals surface area contributed by atoms with E-state index < -0.39 is 17.5 Å². The lowest BCUT2D eigenvalue weighted by atomic mass is 10.1. The molecule has 1 aromatic carbocycles. The first-order valence-electron chi connectivity index (χ1n) is 4.56. The lowest BCUT2D eigenvalue weighted by molar-refractivity contribution is -0.137. The van der Waals surface area contributed by atoms with Crippen molar-refractivity contribution in [2.75, 3.05) is 13.2 Å². The molecule has 0 bridgehead atoms. The summed E-state index contributed by atoms with van der Waals surface area (Å²) >= 11 is 0. The minimum atomic E-state index is -4.46. The maximum Gasteiger partial charge on any atom is 0.416 e. The summed E-state index contributed by atoms with van der Waals surface area (Å²) in [5, 5.41) is 9.45. The second kappa shape index (κ2) is 3.70. The van der Waals surface area contributed by atoms with Crippen molar-refractivity contribution >= 4 is 5.90 Å². The number of nitrogens with zero attached hydrogens (tertiary/aromatic N) is 1. The third-order valence-corrected chi connectivity index (χ3v) is 2.14. The Morgan fingerprint density at radius 2 is 2.06 bits per heavy atom. The van der Waals surface area contributed by atoms with Gasteiger partial charge in [0.05, 0.1) is 17.7 Å². The van der Waals surface area contributed by atoms with Gasteiger partial charge in [0.2, 0.25) is 5.90 Å². The monoisotopic (exact) mass is 231 g/mol. The maximum atomic E-state index is 12.3. The fourth-order valence-electron chi connectivity index (χ4n) is 1.39. The topological polar surface area (TPSA) is 41.8 Å². The summed E-state index contributed by atoms with van der Waals surface area (Å²) in [5.41, 5.74) is -0.710. The summed E-state index contributed by atoms with van der Waals surface area (Å²) in [4.78, 5) is 3.91. The Labute approximate surface area is 89.2 Å². The summed E-state index contributed by atoms with van der Waals surface area (Å²) in [6.07, 6.45) is -4.46. The van der Waals surface area contributed by atoms with Crippen LogP contribution in [0.4, 0.5) is 13.2 Å². The van der Waals surface area contributed by atoms with Crippen molar-refractivity contribution in [1.82, 2.24) is 0 Å². The van der Waals surface area contributed by atoms with Crippen molar-refractivity contribution in [2.45, 2.75) is 6.18 Å². The number of aromatic hydroxyl groups is 1. The molecule has 0 saturated carbocycles. The highest BCUT2D eigenvalue weighted by atomic mass is 19.4. The second-order valence-electron chi connectivity index (χ2n) is 3.27. The van der Waals surface area contributed by atoms with Crippen molar-refractivity contribution in [3.05, 3.63) is 29.3 Å². The molecule has 1 aliphatic rings. The first-order valence-corrected chi connectivity index (χ1v) is 4.56. The number of hydrogen-bond acceptors (Lipinski definition) is 3. The van der Waals surface area contributed by atoms with Crippen LogP contribution in [-0.2, 0) is 10.9 Å². The van der Waals surface area contributed by atoms with Gasteiger partial charge < -0.3 is 9.84 Å². The zero-order chi connectivity index (χ0) is 11.8. The molecule has 0 atom stereocenters. The molecule has 0 fully saturated rings. The van der Waals surface area contributed by atoms with Crippen LogP contribution in [0.25, 0.3) is 0 Å². The highest BCUT2D eigenvalue weighted by molar-refractivity contribution is 5.97. The fraction of sp³-hybridized carbons (Fsp3) is 0.300. The molecule has 0 spiro atoms. The van der Waals surface area contributed by atoms with E-state index in [-0.39, 0.29) is 11.5 Å². The van der Waals surface area contributed by atoms with Gasteiger partial charge in [-0.15, -0.1) is 0 Å². The Morgan fingerprint density at radius 3 is 2.56 bits per heavy atom. The molecule has 1 aromatic rings. The van der Waals surface area contributed by atoms with E-state index in [1.165, 1.54) is 0 Å². The summed E-state index contributed by atoms with van der Waals surface area (Å²) in [6, 6.07) is 2.71. The van der Waals surface area contributed by atoms with Crippen LogP contribution < -0.4 is 0 Å². The molecule has 1 aliphatic heterocycles. The van der Waals surface area contributed by atoms with Crippen LogP contribution in [-0.4, -0.2) is 24.2 Å². The van der Waals surface area contributed by atoms with E-state index in [4.69, 9.17) is 4.74 Å². The Morgan fingerprint density at radius 1 is 1.31 bits per heavy atom. The van der Waals surface area contributed by atoms with E-state index in [0.29, 0.717) is 19.2 Å². The van der Waals surface area contributed by atoms with E-state index in [1.807, 2.05) is 0 Å². The predicted octanol–water partition coefficient (Wildman–Crippen LogP) is 2.19. The first kappa shape index (κ1) is 10.8. The van der Waals surface area contributed by atoms with Crippen molar-refractivity contribution < 1.29 is 23.0 Å². The van der Waals surface area contributed by atoms with Gasteiger partial charge in [-0.05, 0) is 18.2 Å². The molecule has 2 rings (SSSR count). The predicted molar refractivity (Wildman–Crippen MR) is 50.5 cm³/mol. The molecule has 0 aliphatic carbocycles. The van der Waals surface area contributed by atoms with Crippen LogP contribution >= 0.6 is 0 Å². The molecular formula is C10H8F3NO2. The third-order valence-electron chi connectivity index (χ3n) is 2.14. The van der Waals surface area contributed by atoms with Crippen LogP contribution in [0.1, 0.15) is 11.1 Å². The number of aliphatic imine (C=N–C) groups is 1. The van der Waals surface area contributed by atoms with Crippen molar-refractivity contribution in [3.63, 3.8) is 0 Å². The highest BCUT2D eigenvalue weighted by Gasteiger charge is 2.31. The summed E-state index contributed by atoms with van der Waals surface area (Å²) in [7, 11) is 0. The molecule has 16 heavy (non-hydrogen) atoms. The molecule has 0 unspecified atom stereocenters. The quantitative estimate of drug-likeness (QED) is 0.804. The van der Waals surface area contributed by atoms with Crippen LogP contribution in [0, 0.1) is 0 Å². The zero-order valence-corrected chi connectivity index (χ0v) is 8.08. The van der Waals surface area contributed by atoms with Gasteiger partial charge in [-0.3, -0.25) is 0 Å². The molecule has 1 heterocycles. The highest BCUT2D eigenvalue weighted by Crippen LogP contribution is 2.33. The zero-order valence-electron chi connectivity index (χ0n) is 8.08. The standard InChI is InChI=1S/C10H8F3NO2/c11-10(12,13)6-1-2-7(8(15)5-6)9-14-3-4-16-9/h1-2,5,15H,3-4H2. The largest absolute Gasteiger partial charge is 0.507 e. The minimum Gasteiger partial charge on any atom is -0.507 e. The Bertz CT molecular complexity index is 440. The van der Waals surface area contributed by atoms with Crippen molar-refractivity contribution in [2.24, 2.45) is 4.99 Å². The van der Waals surface area contributed by atoms with Crippen LogP contribution in [0.5, 0.6) is 5.75 Å². The number of phenols is 1. The van der Waals surface area contributed by atoms with Crippen molar-refractivity contribution in [1.29, 1.82) is 0 Å². The molecule has 0 saturated heterocycles. The lowest BCUT2D eigenvalue weighted by Gasteiger charge is -2.09. The maximum absolute atomic E-state index is 12.3. The van der Waals surface area contributed by atoms with E-state index in [0.717, 1.165) is 12.1 Å². The van der Waals surface area contributed by atoms with Crippen molar-refractivity contribution in [3.8, 4) is 5.75 Å². The number of ether oxygens (including phenoxy) is 1. The third kappa shape index (κ3) is 1.95. The van der Waals surface area contributed by atoms with Crippen LogP contribution in [0.2, 0.25) is 0 Å². The Hall–Kier alpha value is -1.72. The van der Waals surface area contributed by atoms with Gasteiger partial charge in [0, 0.05) is 0 Å². The number of benzene rings is 1. The SMILES string of the molecule is Oc1cc(C(F)(F)F)ccc1C1=NCCO1. The number of hydrogen-bond donors (Lipinski definition) is 1. The first-order chi connectivity index (χ1) is 7.48. The summed E-state index contributed by atoms with van der Waals surface area (Å²) in [6.45, 7) is 0.839. The van der Waals surface area contributed by atoms with E-state index in [2.05, 4.69) is 4.99 Å². The number of rotatable bonds is 1. The van der Waals surface area contributed by atoms with Gasteiger partial charge in [0.15, 0.2) is 0 Å². The second-order valence-corrected chi connectivity index (χ2v) is 3.27. The fourth-order valence-corrected chi connectivity index (χ4v) is 1.39. The summed E-state index contributed by atoms with van der Waals surface area (Å²) < 4.78 is 42.0. The molecule has 0 aromatic heterocycles. The van der Waals surface area contributed by atoms with E-state index >= 15 is 0 Å². The normalized spacial score (nSPS) is 15.8. The van der Waals surface area contributed by atoms with Gasteiger partial charge >= 0.3 is 6.18 Å². The van der Waals surface area contributed by atoms with Gasteiger partial charge in [-0.25, -0.2) is 4.99 Å². The molecule has 6 heteroatoms. The summed E-state index contributed by atoms with van der Waals surface area (Å²) in [5.74, 6) is -0.290. The van der Waals surface area contributed by atoms with Gasteiger partial charge in [-0.2, -0.15) is 13.2 Å². The Kier molecular flexibility index (Phi) is 2.49. The minimum absolute atomic E-state index is 0.186. The van der Waals surface area contributed by atoms with Gasteiger partial charge in [0.1, 0.15) is 12.4 Å². The Balaban J connectivity index is 2.37. The average molecular weight is 231 g/mol. The molecular weight excluding hydrogens is 223 g/mol. The average Bonchev–Trinajstić information content (AvgIpc) is 2.69. The molecule has 0 radical (unpaired) electrons. The van der Waals surface area contributed by atoms with Gasteiger partial charge in [0.25, 0.3) is 0 Å². The lowest BCUT2D eigenvalue weighted by Crippen LogP contribution is -2.07. The molecule has 0 amide bonds. The van der Waals surface area contributed by atoms with E-state index in [9.17, 15) is 18.3 Å².